The SMILES string of the molecule is FN(F)C1(C(F)(F)C(F)(F)C(F)(F)C(F)(F)F)C(F)(F)C(F)(F)C(F)(F)C(F)(F)C1(F)C(F)(F)F. The fourth-order valence-corrected chi connectivity index (χ4v) is 3.01. The zero-order valence-corrected chi connectivity index (χ0v) is 14.6. The molecule has 35 heavy (non-hydrogen) atoms. The highest BCUT2D eigenvalue weighted by Crippen LogP contribution is 2.77. The molecule has 0 N–H and O–H groups in total. The predicted octanol–water partition coefficient (Wildman–Crippen LogP) is 7.09. The molecule has 24 heteroatoms. The van der Waals surface area contributed by atoms with Crippen LogP contribution in [0.25, 0.3) is 0 Å². The summed E-state index contributed by atoms with van der Waals surface area (Å²) in [6, 6.07) is 0. The summed E-state index contributed by atoms with van der Waals surface area (Å²) in [6.45, 7) is 0. The molecule has 0 bridgehead atoms. The van der Waals surface area contributed by atoms with Crippen molar-refractivity contribution >= 4 is 0 Å². The van der Waals surface area contributed by atoms with Gasteiger partial charge in [0.15, 0.2) is 0 Å². The summed E-state index contributed by atoms with van der Waals surface area (Å²) >= 11 is 0. The number of halogens is 23. The van der Waals surface area contributed by atoms with Crippen molar-refractivity contribution in [1.29, 1.82) is 0 Å². The molecule has 0 radical (unpaired) electrons. The summed E-state index contributed by atoms with van der Waals surface area (Å²) in [5.41, 5.74) is -19.1. The number of rotatable bonds is 4. The Balaban J connectivity index is 4.64. The molecule has 1 nitrogen and oxygen atoms in total. The van der Waals surface area contributed by atoms with Crippen LogP contribution >= 0.6 is 0 Å². The lowest BCUT2D eigenvalue weighted by molar-refractivity contribution is -0.556. The van der Waals surface area contributed by atoms with Gasteiger partial charge in [-0.05, 0) is 0 Å². The van der Waals surface area contributed by atoms with Crippen LogP contribution in [-0.2, 0) is 0 Å². The van der Waals surface area contributed by atoms with Crippen molar-refractivity contribution in [3.05, 3.63) is 0 Å². The molecule has 0 aromatic carbocycles. The van der Waals surface area contributed by atoms with Crippen molar-refractivity contribution in [1.82, 2.24) is 5.34 Å². The Morgan fingerprint density at radius 3 is 1.00 bits per heavy atom. The van der Waals surface area contributed by atoms with Gasteiger partial charge in [0.1, 0.15) is 0 Å². The second kappa shape index (κ2) is 7.01. The summed E-state index contributed by atoms with van der Waals surface area (Å²) in [5.74, 6) is -64.0. The third kappa shape index (κ3) is 2.79. The molecule has 1 saturated carbocycles. The molecule has 210 valence electrons. The zero-order valence-electron chi connectivity index (χ0n) is 14.6. The molecule has 0 spiro atoms. The lowest BCUT2D eigenvalue weighted by Gasteiger charge is -2.60. The molecular weight excluding hydrogens is 583 g/mol. The Morgan fingerprint density at radius 1 is 0.429 bits per heavy atom. The summed E-state index contributed by atoms with van der Waals surface area (Å²) in [5, 5.41) is -5.36. The minimum atomic E-state index is -9.74. The van der Waals surface area contributed by atoms with Gasteiger partial charge in [0.25, 0.3) is 5.54 Å². The lowest BCUT2D eigenvalue weighted by Crippen LogP contribution is -2.96. The maximum Gasteiger partial charge on any atom is 0.460 e. The molecule has 0 aromatic rings. The Hall–Kier alpha value is -1.65. The fraction of sp³-hybridized carbons (Fsp3) is 1.00. The Kier molecular flexibility index (Phi) is 6.28. The van der Waals surface area contributed by atoms with Crippen molar-refractivity contribution < 1.29 is 101 Å². The molecule has 1 aliphatic rings. The number of hydrogen-bond acceptors (Lipinski definition) is 1. The summed E-state index contributed by atoms with van der Waals surface area (Å²) in [4.78, 5) is 0. The van der Waals surface area contributed by atoms with Crippen LogP contribution in [0.1, 0.15) is 0 Å². The molecule has 2 unspecified atom stereocenters. The van der Waals surface area contributed by atoms with Crippen LogP contribution in [0, 0.1) is 0 Å². The van der Waals surface area contributed by atoms with E-state index in [0.717, 1.165) is 0 Å². The predicted molar refractivity (Wildman–Crippen MR) is 57.4 cm³/mol. The largest absolute Gasteiger partial charge is 0.460 e. The van der Waals surface area contributed by atoms with E-state index in [1.54, 1.807) is 0 Å². The first kappa shape index (κ1) is 31.4. The van der Waals surface area contributed by atoms with Crippen LogP contribution in [0.2, 0.25) is 0 Å². The standard InChI is InChI=1S/C11F23N/c12-1(10(27,28)29)2(35(33)34,4(15,16)7(21,22)6(19,20)3(1,13)14)5(17,18)8(23,24)9(25,26)11(30,31)32. The first-order chi connectivity index (χ1) is 14.7. The average Bonchev–Trinajstić information content (AvgIpc) is 2.57. The van der Waals surface area contributed by atoms with Gasteiger partial charge in [-0.15, -0.1) is 8.96 Å². The maximum absolute atomic E-state index is 14.4. The summed E-state index contributed by atoms with van der Waals surface area (Å²) in [6.07, 6.45) is -17.3. The van der Waals surface area contributed by atoms with E-state index in [9.17, 15) is 101 Å². The Bertz CT molecular complexity index is 831. The Labute approximate surface area is 173 Å². The summed E-state index contributed by atoms with van der Waals surface area (Å²) < 4.78 is 306. The number of nitrogens with zero attached hydrogens (tertiary/aromatic N) is 1. The molecular formula is C11F23N. The average molecular weight is 583 g/mol. The molecule has 0 aromatic heterocycles. The molecule has 0 amide bonds. The third-order valence-corrected chi connectivity index (χ3v) is 4.81. The van der Waals surface area contributed by atoms with E-state index in [2.05, 4.69) is 0 Å². The van der Waals surface area contributed by atoms with Crippen molar-refractivity contribution in [2.45, 2.75) is 65.0 Å². The van der Waals surface area contributed by atoms with E-state index in [4.69, 9.17) is 0 Å². The van der Waals surface area contributed by atoms with Crippen LogP contribution in [0.5, 0.6) is 0 Å². The van der Waals surface area contributed by atoms with Crippen molar-refractivity contribution in [2.75, 3.05) is 0 Å². The summed E-state index contributed by atoms with van der Waals surface area (Å²) in [7, 11) is 0. The molecule has 1 aliphatic carbocycles. The second-order valence-electron chi connectivity index (χ2n) is 6.62. The smallest absolute Gasteiger partial charge is 0.224 e. The molecule has 0 aliphatic heterocycles. The maximum atomic E-state index is 14.4. The second-order valence-corrected chi connectivity index (χ2v) is 6.62. The van der Waals surface area contributed by atoms with Crippen LogP contribution < -0.4 is 0 Å². The van der Waals surface area contributed by atoms with Crippen LogP contribution in [-0.4, -0.2) is 70.4 Å². The highest BCUT2D eigenvalue weighted by molar-refractivity contribution is 5.38. The van der Waals surface area contributed by atoms with Crippen molar-refractivity contribution in [2.24, 2.45) is 0 Å². The van der Waals surface area contributed by atoms with Crippen LogP contribution in [0.3, 0.4) is 0 Å². The monoisotopic (exact) mass is 583 g/mol. The van der Waals surface area contributed by atoms with E-state index in [-0.39, 0.29) is 0 Å². The van der Waals surface area contributed by atoms with E-state index in [1.165, 1.54) is 0 Å². The van der Waals surface area contributed by atoms with Gasteiger partial charge in [-0.2, -0.15) is 87.8 Å². The van der Waals surface area contributed by atoms with Crippen LogP contribution in [0.4, 0.5) is 101 Å². The quantitative estimate of drug-likeness (QED) is 0.253. The van der Waals surface area contributed by atoms with E-state index in [1.807, 2.05) is 0 Å². The topological polar surface area (TPSA) is 3.24 Å². The molecule has 0 heterocycles. The fourth-order valence-electron chi connectivity index (χ4n) is 3.01. The van der Waals surface area contributed by atoms with Gasteiger partial charge in [-0.3, -0.25) is 0 Å². The van der Waals surface area contributed by atoms with Gasteiger partial charge < -0.3 is 0 Å². The van der Waals surface area contributed by atoms with Crippen molar-refractivity contribution in [3.63, 3.8) is 0 Å². The zero-order chi connectivity index (χ0) is 29.1. The van der Waals surface area contributed by atoms with E-state index in [0.29, 0.717) is 0 Å². The van der Waals surface area contributed by atoms with E-state index < -0.39 is 70.4 Å². The van der Waals surface area contributed by atoms with Crippen LogP contribution in [0.15, 0.2) is 0 Å². The molecule has 1 fully saturated rings. The first-order valence-electron chi connectivity index (χ1n) is 7.28. The molecule has 1 rings (SSSR count). The van der Waals surface area contributed by atoms with Gasteiger partial charge >= 0.3 is 59.5 Å². The van der Waals surface area contributed by atoms with Gasteiger partial charge in [0.05, 0.1) is 0 Å². The Morgan fingerprint density at radius 2 is 0.743 bits per heavy atom. The normalized spacial score (nSPS) is 31.5. The minimum absolute atomic E-state index is 5.36. The van der Waals surface area contributed by atoms with Gasteiger partial charge in [0, 0.05) is 5.34 Å². The minimum Gasteiger partial charge on any atom is -0.224 e. The molecule has 0 saturated heterocycles. The lowest BCUT2D eigenvalue weighted by atomic mass is 9.58. The first-order valence-corrected chi connectivity index (χ1v) is 7.28. The highest BCUT2D eigenvalue weighted by atomic mass is 19.4. The highest BCUT2D eigenvalue weighted by Gasteiger charge is 3.11. The molecule has 2 atom stereocenters. The van der Waals surface area contributed by atoms with E-state index >= 15 is 0 Å². The van der Waals surface area contributed by atoms with Gasteiger partial charge in [-0.1, -0.05) is 0 Å². The van der Waals surface area contributed by atoms with Crippen molar-refractivity contribution in [3.8, 4) is 0 Å². The third-order valence-electron chi connectivity index (χ3n) is 4.81. The number of alkyl halides is 21. The number of hydrogen-bond donors (Lipinski definition) is 0. The van der Waals surface area contributed by atoms with Gasteiger partial charge in [-0.25, -0.2) is 4.39 Å². The van der Waals surface area contributed by atoms with Gasteiger partial charge in [0.2, 0.25) is 0 Å².